The van der Waals surface area contributed by atoms with Gasteiger partial charge in [0.25, 0.3) is 0 Å². The first-order valence-electron chi connectivity index (χ1n) is 6.85. The van der Waals surface area contributed by atoms with Gasteiger partial charge in [0, 0.05) is 24.7 Å². The molecule has 2 nitrogen and oxygen atoms in total. The van der Waals surface area contributed by atoms with E-state index in [0.29, 0.717) is 12.5 Å². The first-order valence-corrected chi connectivity index (χ1v) is 6.85. The molecule has 1 aromatic rings. The van der Waals surface area contributed by atoms with Gasteiger partial charge >= 0.3 is 0 Å². The highest BCUT2D eigenvalue weighted by Crippen LogP contribution is 2.31. The van der Waals surface area contributed by atoms with Crippen LogP contribution in [0.15, 0.2) is 18.2 Å². The fraction of sp³-hybridized carbons (Fsp3) is 0.600. The summed E-state index contributed by atoms with van der Waals surface area (Å²) in [6.07, 6.45) is 1.47. The lowest BCUT2D eigenvalue weighted by Gasteiger charge is -2.29. The Bertz CT molecular complexity index is 432. The lowest BCUT2D eigenvalue weighted by molar-refractivity contribution is 0.0893. The van der Waals surface area contributed by atoms with Crippen molar-refractivity contribution in [3.63, 3.8) is 0 Å². The quantitative estimate of drug-likeness (QED) is 0.857. The van der Waals surface area contributed by atoms with Crippen molar-refractivity contribution in [3.8, 4) is 0 Å². The second-order valence-electron chi connectivity index (χ2n) is 5.65. The number of benzene rings is 1. The van der Waals surface area contributed by atoms with Gasteiger partial charge in [-0.05, 0) is 38.7 Å². The van der Waals surface area contributed by atoms with Gasteiger partial charge in [0.1, 0.15) is 0 Å². The zero-order chi connectivity index (χ0) is 14.0. The first kappa shape index (κ1) is 14.4. The van der Waals surface area contributed by atoms with Gasteiger partial charge in [0.2, 0.25) is 0 Å². The fourth-order valence-electron chi connectivity index (χ4n) is 2.23. The molecule has 0 heterocycles. The molecule has 0 aliphatic heterocycles. The van der Waals surface area contributed by atoms with Crippen LogP contribution in [-0.4, -0.2) is 29.1 Å². The van der Waals surface area contributed by atoms with Crippen molar-refractivity contribution >= 4 is 0 Å². The molecule has 1 atom stereocenters. The molecule has 0 radical (unpaired) electrons. The average molecular weight is 269 g/mol. The van der Waals surface area contributed by atoms with Crippen molar-refractivity contribution in [1.82, 2.24) is 4.90 Å². The predicted octanol–water partition coefficient (Wildman–Crippen LogP) is 3.12. The van der Waals surface area contributed by atoms with Gasteiger partial charge in [-0.25, -0.2) is 8.78 Å². The van der Waals surface area contributed by atoms with E-state index in [-0.39, 0.29) is 11.6 Å². The van der Waals surface area contributed by atoms with Crippen molar-refractivity contribution in [2.45, 2.75) is 38.8 Å². The summed E-state index contributed by atoms with van der Waals surface area (Å²) in [5, 5.41) is 10.1. The Labute approximate surface area is 113 Å². The SMILES string of the molecule is CC(C)N(CC1CC1)CC(O)c1cccc(F)c1F. The topological polar surface area (TPSA) is 23.5 Å². The molecule has 1 aromatic carbocycles. The van der Waals surface area contributed by atoms with Gasteiger partial charge in [0.15, 0.2) is 11.6 Å². The normalized spacial score (nSPS) is 17.2. The lowest BCUT2D eigenvalue weighted by Crippen LogP contribution is -2.36. The molecule has 0 spiro atoms. The van der Waals surface area contributed by atoms with Crippen molar-refractivity contribution in [2.75, 3.05) is 13.1 Å². The maximum atomic E-state index is 13.6. The van der Waals surface area contributed by atoms with Crippen LogP contribution < -0.4 is 0 Å². The van der Waals surface area contributed by atoms with Crippen molar-refractivity contribution in [1.29, 1.82) is 0 Å². The Morgan fingerprint density at radius 2 is 2.00 bits per heavy atom. The van der Waals surface area contributed by atoms with E-state index in [1.54, 1.807) is 0 Å². The zero-order valence-electron chi connectivity index (χ0n) is 11.4. The second-order valence-corrected chi connectivity index (χ2v) is 5.65. The standard InChI is InChI=1S/C15H21F2NO/c1-10(2)18(8-11-6-7-11)9-14(19)12-4-3-5-13(16)15(12)17/h3-5,10-11,14,19H,6-9H2,1-2H3. The first-order chi connectivity index (χ1) is 8.99. The van der Waals surface area contributed by atoms with Crippen LogP contribution in [-0.2, 0) is 0 Å². The Morgan fingerprint density at radius 1 is 1.32 bits per heavy atom. The third-order valence-electron chi connectivity index (χ3n) is 3.67. The van der Waals surface area contributed by atoms with E-state index in [2.05, 4.69) is 18.7 Å². The molecular weight excluding hydrogens is 248 g/mol. The summed E-state index contributed by atoms with van der Waals surface area (Å²) in [5.41, 5.74) is 0.0430. The Morgan fingerprint density at radius 3 is 2.58 bits per heavy atom. The van der Waals surface area contributed by atoms with E-state index in [1.807, 2.05) is 0 Å². The third-order valence-corrected chi connectivity index (χ3v) is 3.67. The van der Waals surface area contributed by atoms with Gasteiger partial charge < -0.3 is 5.11 Å². The Hall–Kier alpha value is -1.00. The molecule has 19 heavy (non-hydrogen) atoms. The van der Waals surface area contributed by atoms with Crippen LogP contribution in [0.4, 0.5) is 8.78 Å². The van der Waals surface area contributed by atoms with Crippen molar-refractivity contribution in [2.24, 2.45) is 5.92 Å². The minimum Gasteiger partial charge on any atom is -0.387 e. The van der Waals surface area contributed by atoms with E-state index < -0.39 is 17.7 Å². The molecule has 1 fully saturated rings. The van der Waals surface area contributed by atoms with Crippen molar-refractivity contribution < 1.29 is 13.9 Å². The van der Waals surface area contributed by atoms with E-state index in [4.69, 9.17) is 0 Å². The van der Waals surface area contributed by atoms with Crippen LogP contribution >= 0.6 is 0 Å². The molecule has 0 bridgehead atoms. The monoisotopic (exact) mass is 269 g/mol. The summed E-state index contributed by atoms with van der Waals surface area (Å²) in [6.45, 7) is 5.37. The number of hydrogen-bond acceptors (Lipinski definition) is 2. The molecule has 1 N–H and O–H groups in total. The highest BCUT2D eigenvalue weighted by atomic mass is 19.2. The molecule has 1 aliphatic rings. The van der Waals surface area contributed by atoms with Crippen molar-refractivity contribution in [3.05, 3.63) is 35.4 Å². The minimum absolute atomic E-state index is 0.0430. The van der Waals surface area contributed by atoms with E-state index in [0.717, 1.165) is 12.6 Å². The van der Waals surface area contributed by atoms with E-state index >= 15 is 0 Å². The predicted molar refractivity (Wildman–Crippen MR) is 70.8 cm³/mol. The average Bonchev–Trinajstić information content (AvgIpc) is 3.15. The van der Waals surface area contributed by atoms with E-state index in [9.17, 15) is 13.9 Å². The highest BCUT2D eigenvalue weighted by molar-refractivity contribution is 5.21. The van der Waals surface area contributed by atoms with Crippen LogP contribution in [0.25, 0.3) is 0 Å². The number of aliphatic hydroxyl groups excluding tert-OH is 1. The minimum atomic E-state index is -0.989. The molecule has 0 amide bonds. The summed E-state index contributed by atoms with van der Waals surface area (Å²) in [7, 11) is 0. The number of nitrogens with zero attached hydrogens (tertiary/aromatic N) is 1. The van der Waals surface area contributed by atoms with E-state index in [1.165, 1.54) is 25.0 Å². The summed E-state index contributed by atoms with van der Waals surface area (Å²) in [5.74, 6) is -1.15. The van der Waals surface area contributed by atoms with Gasteiger partial charge in [-0.2, -0.15) is 0 Å². The van der Waals surface area contributed by atoms with Gasteiger partial charge in [-0.15, -0.1) is 0 Å². The number of hydrogen-bond donors (Lipinski definition) is 1. The number of aliphatic hydroxyl groups is 1. The highest BCUT2D eigenvalue weighted by Gasteiger charge is 2.27. The van der Waals surface area contributed by atoms with Crippen LogP contribution in [0, 0.1) is 17.6 Å². The number of rotatable bonds is 6. The van der Waals surface area contributed by atoms with Crippen LogP contribution in [0.1, 0.15) is 38.4 Å². The smallest absolute Gasteiger partial charge is 0.164 e. The molecule has 2 rings (SSSR count). The van der Waals surface area contributed by atoms with Crippen LogP contribution in [0.5, 0.6) is 0 Å². The van der Waals surface area contributed by atoms with Crippen LogP contribution in [0.3, 0.4) is 0 Å². The maximum Gasteiger partial charge on any atom is 0.164 e. The molecule has 1 unspecified atom stereocenters. The second kappa shape index (κ2) is 5.97. The summed E-state index contributed by atoms with van der Waals surface area (Å²) in [4.78, 5) is 2.13. The van der Waals surface area contributed by atoms with Gasteiger partial charge in [0.05, 0.1) is 6.10 Å². The molecule has 106 valence electrons. The Balaban J connectivity index is 2.05. The largest absolute Gasteiger partial charge is 0.387 e. The summed E-state index contributed by atoms with van der Waals surface area (Å²) in [6, 6.07) is 4.22. The number of halogens is 2. The molecular formula is C15H21F2NO. The van der Waals surface area contributed by atoms with Crippen LogP contribution in [0.2, 0.25) is 0 Å². The Kier molecular flexibility index (Phi) is 4.53. The zero-order valence-corrected chi connectivity index (χ0v) is 11.4. The molecule has 1 aliphatic carbocycles. The molecule has 1 saturated carbocycles. The van der Waals surface area contributed by atoms with Gasteiger partial charge in [-0.3, -0.25) is 4.90 Å². The molecule has 0 saturated heterocycles. The summed E-state index contributed by atoms with van der Waals surface area (Å²) < 4.78 is 26.8. The fourth-order valence-corrected chi connectivity index (χ4v) is 2.23. The molecule has 4 heteroatoms. The summed E-state index contributed by atoms with van der Waals surface area (Å²) >= 11 is 0. The maximum absolute atomic E-state index is 13.6. The lowest BCUT2D eigenvalue weighted by atomic mass is 10.1. The molecule has 0 aromatic heterocycles. The third kappa shape index (κ3) is 3.74. The van der Waals surface area contributed by atoms with Gasteiger partial charge in [-0.1, -0.05) is 12.1 Å².